The number of carbonyl (C=O) groups excluding carboxylic acids is 3. The number of fused-ring (bicyclic) bond motifs is 1. The van der Waals surface area contributed by atoms with Crippen molar-refractivity contribution in [1.29, 1.82) is 5.26 Å². The molecule has 1 aliphatic carbocycles. The molecule has 2 aromatic rings. The van der Waals surface area contributed by atoms with Crippen molar-refractivity contribution >= 4 is 28.6 Å². The van der Waals surface area contributed by atoms with Crippen LogP contribution in [0.25, 0.3) is 10.9 Å². The molecule has 1 saturated carbocycles. The van der Waals surface area contributed by atoms with Crippen LogP contribution in [0, 0.1) is 23.2 Å². The summed E-state index contributed by atoms with van der Waals surface area (Å²) in [5.74, 6) is -0.431. The summed E-state index contributed by atoms with van der Waals surface area (Å²) >= 11 is 0. The molecular weight excluding hydrogens is 422 g/mol. The zero-order valence-corrected chi connectivity index (χ0v) is 18.6. The number of benzene rings is 1. The van der Waals surface area contributed by atoms with Gasteiger partial charge < -0.3 is 25.7 Å². The van der Waals surface area contributed by atoms with Crippen molar-refractivity contribution in [3.63, 3.8) is 0 Å². The van der Waals surface area contributed by atoms with E-state index in [1.807, 2.05) is 24.3 Å². The van der Waals surface area contributed by atoms with Crippen LogP contribution in [0.5, 0.6) is 5.75 Å². The van der Waals surface area contributed by atoms with E-state index in [-0.39, 0.29) is 23.9 Å². The average Bonchev–Trinajstić information content (AvgIpc) is 3.56. The number of carbonyl (C=O) groups is 3. The normalized spacial score (nSPS) is 19.8. The highest BCUT2D eigenvalue weighted by Gasteiger charge is 2.33. The fraction of sp³-hybridized carbons (Fsp3) is 0.500. The molecular formula is C24H29N5O4. The lowest BCUT2D eigenvalue weighted by Crippen LogP contribution is -2.50. The van der Waals surface area contributed by atoms with E-state index in [0.717, 1.165) is 30.2 Å². The molecule has 1 aliphatic heterocycles. The van der Waals surface area contributed by atoms with E-state index < -0.39 is 23.9 Å². The Morgan fingerprint density at radius 2 is 2.00 bits per heavy atom. The van der Waals surface area contributed by atoms with Crippen molar-refractivity contribution in [2.75, 3.05) is 13.7 Å². The van der Waals surface area contributed by atoms with Crippen molar-refractivity contribution in [2.45, 2.75) is 50.6 Å². The number of aromatic amines is 1. The van der Waals surface area contributed by atoms with Crippen LogP contribution in [-0.2, 0) is 9.59 Å². The van der Waals surface area contributed by atoms with Crippen LogP contribution in [0.4, 0.5) is 0 Å². The molecule has 3 atom stereocenters. The third kappa shape index (κ3) is 5.28. The monoisotopic (exact) mass is 451 g/mol. The fourth-order valence-corrected chi connectivity index (χ4v) is 4.40. The molecule has 4 rings (SSSR count). The maximum absolute atomic E-state index is 13.1. The van der Waals surface area contributed by atoms with E-state index in [1.54, 1.807) is 0 Å². The molecule has 2 aliphatic rings. The Hall–Kier alpha value is -3.54. The molecule has 0 unspecified atom stereocenters. The van der Waals surface area contributed by atoms with Crippen LogP contribution in [0.3, 0.4) is 0 Å². The summed E-state index contributed by atoms with van der Waals surface area (Å²) in [6.45, 7) is 0.644. The minimum atomic E-state index is -0.799. The lowest BCUT2D eigenvalue weighted by Gasteiger charge is -2.25. The molecule has 4 N–H and O–H groups in total. The van der Waals surface area contributed by atoms with Gasteiger partial charge in [-0.2, -0.15) is 5.26 Å². The van der Waals surface area contributed by atoms with Gasteiger partial charge in [0.1, 0.15) is 17.8 Å². The largest absolute Gasteiger partial charge is 0.494 e. The highest BCUT2D eigenvalue weighted by atomic mass is 16.5. The van der Waals surface area contributed by atoms with Crippen molar-refractivity contribution < 1.29 is 19.1 Å². The molecule has 33 heavy (non-hydrogen) atoms. The lowest BCUT2D eigenvalue weighted by atomic mass is 9.92. The van der Waals surface area contributed by atoms with Gasteiger partial charge in [0.15, 0.2) is 5.75 Å². The first-order valence-corrected chi connectivity index (χ1v) is 11.4. The number of nitrogens with zero attached hydrogens (tertiary/aromatic N) is 1. The Bertz CT molecular complexity index is 1080. The second-order valence-electron chi connectivity index (χ2n) is 8.84. The molecule has 3 amide bonds. The number of nitrogens with one attached hydrogen (secondary N) is 4. The third-order valence-corrected chi connectivity index (χ3v) is 6.37. The number of piperidine rings is 1. The summed E-state index contributed by atoms with van der Waals surface area (Å²) in [7, 11) is 1.50. The summed E-state index contributed by atoms with van der Waals surface area (Å²) in [4.78, 5) is 41.3. The molecule has 1 saturated heterocycles. The minimum Gasteiger partial charge on any atom is -0.494 e. The average molecular weight is 452 g/mol. The van der Waals surface area contributed by atoms with Gasteiger partial charge >= 0.3 is 0 Å². The first kappa shape index (κ1) is 22.6. The Morgan fingerprint density at radius 1 is 1.21 bits per heavy atom. The highest BCUT2D eigenvalue weighted by Crippen LogP contribution is 2.34. The fourth-order valence-electron chi connectivity index (χ4n) is 4.40. The predicted molar refractivity (Wildman–Crippen MR) is 121 cm³/mol. The smallest absolute Gasteiger partial charge is 0.272 e. The van der Waals surface area contributed by atoms with E-state index in [2.05, 4.69) is 27.0 Å². The van der Waals surface area contributed by atoms with E-state index >= 15 is 0 Å². The molecule has 2 heterocycles. The van der Waals surface area contributed by atoms with Crippen LogP contribution in [0.1, 0.15) is 49.0 Å². The Balaban J connectivity index is 1.46. The number of hydrogen-bond donors (Lipinski definition) is 4. The third-order valence-electron chi connectivity index (χ3n) is 6.37. The maximum atomic E-state index is 13.1. The van der Waals surface area contributed by atoms with E-state index in [4.69, 9.17) is 4.74 Å². The summed E-state index contributed by atoms with van der Waals surface area (Å²) in [6.07, 6.45) is 4.34. The summed E-state index contributed by atoms with van der Waals surface area (Å²) in [5.41, 5.74) is 1.01. The van der Waals surface area contributed by atoms with E-state index in [9.17, 15) is 19.6 Å². The van der Waals surface area contributed by atoms with Crippen molar-refractivity contribution in [3.8, 4) is 11.8 Å². The Kier molecular flexibility index (Phi) is 6.82. The molecule has 1 aromatic carbocycles. The summed E-state index contributed by atoms with van der Waals surface area (Å²) in [5, 5.41) is 18.7. The van der Waals surface area contributed by atoms with Gasteiger partial charge in [-0.1, -0.05) is 25.0 Å². The van der Waals surface area contributed by atoms with Crippen LogP contribution in [0.15, 0.2) is 24.3 Å². The van der Waals surface area contributed by atoms with Crippen molar-refractivity contribution in [3.05, 3.63) is 30.0 Å². The summed E-state index contributed by atoms with van der Waals surface area (Å²) in [6, 6.07) is 7.94. The predicted octanol–water partition coefficient (Wildman–Crippen LogP) is 2.00. The van der Waals surface area contributed by atoms with Crippen LogP contribution in [0.2, 0.25) is 0 Å². The molecule has 0 bridgehead atoms. The first-order chi connectivity index (χ1) is 16.0. The minimum absolute atomic E-state index is 0.0792. The maximum Gasteiger partial charge on any atom is 0.272 e. The van der Waals surface area contributed by atoms with Crippen LogP contribution in [-0.4, -0.2) is 48.4 Å². The van der Waals surface area contributed by atoms with Crippen molar-refractivity contribution in [1.82, 2.24) is 20.9 Å². The Morgan fingerprint density at radius 3 is 2.70 bits per heavy atom. The topological polar surface area (TPSA) is 136 Å². The number of H-pyrrole nitrogens is 1. The van der Waals surface area contributed by atoms with Gasteiger partial charge in [-0.3, -0.25) is 14.4 Å². The molecule has 0 radical (unpaired) electrons. The van der Waals surface area contributed by atoms with E-state index in [1.165, 1.54) is 7.11 Å². The Labute approximate surface area is 192 Å². The zero-order valence-electron chi connectivity index (χ0n) is 18.6. The second kappa shape index (κ2) is 9.94. The molecule has 9 nitrogen and oxygen atoms in total. The standard InChI is InChI=1S/C24H29N5O4/c1-33-21-17-6-2-3-7-18(17)28-20(21)24(32)29-19(11-14-8-9-14)23(31)27-16(13-25)12-15-5-4-10-26-22(15)30/h2-3,6-7,14-16,19,28H,4-5,8-12H2,1H3,(H,26,30)(H,27,31)(H,29,32)/t15-,16-,19-/m0/s1. The first-order valence-electron chi connectivity index (χ1n) is 11.4. The number of methoxy groups -OCH3 is 1. The quantitative estimate of drug-likeness (QED) is 0.462. The number of rotatable bonds is 9. The zero-order chi connectivity index (χ0) is 23.4. The van der Waals surface area contributed by atoms with Gasteiger partial charge in [0.05, 0.1) is 13.2 Å². The highest BCUT2D eigenvalue weighted by molar-refractivity contribution is 6.04. The van der Waals surface area contributed by atoms with Gasteiger partial charge in [-0.15, -0.1) is 0 Å². The number of para-hydroxylation sites is 1. The van der Waals surface area contributed by atoms with Crippen LogP contribution >= 0.6 is 0 Å². The molecule has 1 aromatic heterocycles. The number of hydrogen-bond acceptors (Lipinski definition) is 5. The second-order valence-corrected chi connectivity index (χ2v) is 8.84. The number of nitriles is 1. The van der Waals surface area contributed by atoms with Gasteiger partial charge in [-0.05, 0) is 43.7 Å². The SMILES string of the molecule is COc1c(C(=O)N[C@@H](CC2CC2)C(=O)N[C@H](C#N)C[C@@H]2CCCNC2=O)[nH]c2ccccc12. The van der Waals surface area contributed by atoms with Crippen molar-refractivity contribution in [2.24, 2.45) is 11.8 Å². The summed E-state index contributed by atoms with van der Waals surface area (Å²) < 4.78 is 5.46. The van der Waals surface area contributed by atoms with E-state index in [0.29, 0.717) is 31.1 Å². The molecule has 9 heteroatoms. The molecule has 0 spiro atoms. The van der Waals surface area contributed by atoms with Crippen LogP contribution < -0.4 is 20.7 Å². The number of aromatic nitrogens is 1. The molecule has 2 fully saturated rings. The van der Waals surface area contributed by atoms with Gasteiger partial charge in [0, 0.05) is 23.4 Å². The van der Waals surface area contributed by atoms with Gasteiger partial charge in [0.25, 0.3) is 5.91 Å². The molecule has 174 valence electrons. The van der Waals surface area contributed by atoms with Gasteiger partial charge in [-0.25, -0.2) is 0 Å². The number of amides is 3. The number of ether oxygens (including phenoxy) is 1. The lowest BCUT2D eigenvalue weighted by molar-refractivity contribution is -0.128. The van der Waals surface area contributed by atoms with Gasteiger partial charge in [0.2, 0.25) is 11.8 Å².